The van der Waals surface area contributed by atoms with Crippen LogP contribution in [0.25, 0.3) is 0 Å². The van der Waals surface area contributed by atoms with E-state index in [4.69, 9.17) is 10.9 Å². The highest BCUT2D eigenvalue weighted by Crippen LogP contribution is 2.28. The van der Waals surface area contributed by atoms with Crippen molar-refractivity contribution in [2.45, 2.75) is 10.1 Å². The summed E-state index contributed by atoms with van der Waals surface area (Å²) in [4.78, 5) is 10.2. The maximum absolute atomic E-state index is 11.9. The first-order valence-corrected chi connectivity index (χ1v) is 4.16. The van der Waals surface area contributed by atoms with E-state index in [2.05, 4.69) is 0 Å². The highest BCUT2D eigenvalue weighted by Gasteiger charge is 2.36. The first-order chi connectivity index (χ1) is 5.79. The molecule has 0 radical (unpaired) electrons. The molecule has 0 amide bonds. The Morgan fingerprint density at radius 2 is 2.08 bits per heavy atom. The Hall–Kier alpha value is -0.510. The van der Waals surface area contributed by atoms with Crippen molar-refractivity contribution in [3.05, 3.63) is 11.8 Å². The Bertz CT molecular complexity index is 228. The van der Waals surface area contributed by atoms with Gasteiger partial charge in [-0.2, -0.15) is 13.2 Å². The van der Waals surface area contributed by atoms with E-state index >= 15 is 0 Å². The lowest BCUT2D eigenvalue weighted by Crippen LogP contribution is -2.30. The Balaban J connectivity index is 4.61. The Kier molecular flexibility index (Phi) is 4.47. The summed E-state index contributed by atoms with van der Waals surface area (Å²) < 4.78 is 33.8. The third-order valence-electron chi connectivity index (χ3n) is 1.01. The van der Waals surface area contributed by atoms with Gasteiger partial charge in [0.1, 0.15) is 9.62 Å². The molecule has 76 valence electrons. The van der Waals surface area contributed by atoms with E-state index in [-0.39, 0.29) is 0 Å². The monoisotopic (exact) mass is 310 g/mol. The van der Waals surface area contributed by atoms with Crippen LogP contribution in [0.3, 0.4) is 0 Å². The normalized spacial score (nSPS) is 15.3. The van der Waals surface area contributed by atoms with Crippen LogP contribution in [-0.4, -0.2) is 21.2 Å². The highest BCUT2D eigenvalue weighted by molar-refractivity contribution is 14.1. The summed E-state index contributed by atoms with van der Waals surface area (Å²) in [6.07, 6.45) is -3.99. The van der Waals surface area contributed by atoms with Gasteiger partial charge in [-0.3, -0.25) is 5.84 Å². The zero-order valence-corrected chi connectivity index (χ0v) is 8.26. The molecule has 13 heavy (non-hydrogen) atoms. The van der Waals surface area contributed by atoms with Crippen LogP contribution in [0.1, 0.15) is 0 Å². The van der Waals surface area contributed by atoms with Crippen LogP contribution in [0.15, 0.2) is 11.8 Å². The van der Waals surface area contributed by atoms with E-state index in [1.54, 1.807) is 5.43 Å². The quantitative estimate of drug-likeness (QED) is 0.237. The number of hydrogen-bond donors (Lipinski definition) is 3. The van der Waals surface area contributed by atoms with Crippen LogP contribution in [0, 0.1) is 0 Å². The van der Waals surface area contributed by atoms with Gasteiger partial charge in [-0.1, -0.05) is 22.6 Å². The summed E-state index contributed by atoms with van der Waals surface area (Å²) in [6, 6.07) is 0. The summed E-state index contributed by atoms with van der Waals surface area (Å²) >= 11 is 1.06. The largest absolute Gasteiger partial charge is 0.477 e. The maximum atomic E-state index is 11.9. The number of nitrogens with one attached hydrogen (secondary N) is 1. The van der Waals surface area contributed by atoms with Crippen LogP contribution in [0.5, 0.6) is 0 Å². The fraction of sp³-hybridized carbons (Fsp3) is 0.400. The van der Waals surface area contributed by atoms with Gasteiger partial charge in [-0.15, -0.1) is 0 Å². The summed E-state index contributed by atoms with van der Waals surface area (Å²) in [5.41, 5.74) is 0.978. The molecule has 0 aliphatic rings. The van der Waals surface area contributed by atoms with E-state index in [0.717, 1.165) is 22.6 Å². The van der Waals surface area contributed by atoms with Gasteiger partial charge in [0.05, 0.1) is 0 Å². The van der Waals surface area contributed by atoms with E-state index in [9.17, 15) is 18.0 Å². The van der Waals surface area contributed by atoms with Crippen LogP contribution >= 0.6 is 22.6 Å². The number of alkyl halides is 4. The van der Waals surface area contributed by atoms with Gasteiger partial charge in [-0.05, 0) is 6.08 Å². The second-order valence-electron chi connectivity index (χ2n) is 1.97. The number of aliphatic carboxylic acids is 1. The standard InChI is InChI=1S/C5H6F3IN2O2/c6-5(7,8)3(9)1-2(11-10)4(12)13/h1,3,11H,10H2,(H,12,13)/b2-1-. The Labute approximate surface area is 85.1 Å². The summed E-state index contributed by atoms with van der Waals surface area (Å²) in [7, 11) is 0. The van der Waals surface area contributed by atoms with Crippen molar-refractivity contribution in [3.63, 3.8) is 0 Å². The number of allylic oxidation sites excluding steroid dienone is 1. The SMILES string of the molecule is NN/C(=C\C(I)C(F)(F)F)C(=O)O. The van der Waals surface area contributed by atoms with E-state index < -0.39 is 21.8 Å². The molecule has 0 aromatic heterocycles. The molecule has 1 atom stereocenters. The smallest absolute Gasteiger partial charge is 0.403 e. The highest BCUT2D eigenvalue weighted by atomic mass is 127. The van der Waals surface area contributed by atoms with Gasteiger partial charge >= 0.3 is 12.1 Å². The summed E-state index contributed by atoms with van der Waals surface area (Å²) in [6.45, 7) is 0. The second-order valence-corrected chi connectivity index (χ2v) is 3.32. The van der Waals surface area contributed by atoms with Gasteiger partial charge in [0.2, 0.25) is 0 Å². The Morgan fingerprint density at radius 3 is 2.31 bits per heavy atom. The Morgan fingerprint density at radius 1 is 1.62 bits per heavy atom. The van der Waals surface area contributed by atoms with Crippen LogP contribution < -0.4 is 11.3 Å². The lowest BCUT2D eigenvalue weighted by atomic mass is 10.3. The number of halogens is 4. The van der Waals surface area contributed by atoms with Crippen LogP contribution in [-0.2, 0) is 4.79 Å². The molecule has 0 aliphatic heterocycles. The van der Waals surface area contributed by atoms with Gasteiger partial charge in [0, 0.05) is 0 Å². The van der Waals surface area contributed by atoms with Crippen molar-refractivity contribution < 1.29 is 23.1 Å². The molecule has 0 rings (SSSR count). The number of carboxylic acid groups (broad SMARTS) is 1. The molecule has 0 bridgehead atoms. The number of carboxylic acids is 1. The minimum absolute atomic E-state index is 0.489. The second kappa shape index (κ2) is 4.65. The van der Waals surface area contributed by atoms with E-state index in [1.165, 1.54) is 0 Å². The molecule has 4 N–H and O–H groups in total. The molecule has 0 aromatic rings. The van der Waals surface area contributed by atoms with Crippen molar-refractivity contribution in [2.75, 3.05) is 0 Å². The first kappa shape index (κ1) is 12.5. The van der Waals surface area contributed by atoms with Crippen molar-refractivity contribution >= 4 is 28.6 Å². The molecule has 1 unspecified atom stereocenters. The topological polar surface area (TPSA) is 75.3 Å². The zero-order valence-electron chi connectivity index (χ0n) is 6.10. The molecule has 8 heteroatoms. The zero-order chi connectivity index (χ0) is 10.6. The number of carbonyl (C=O) groups is 1. The fourth-order valence-electron chi connectivity index (χ4n) is 0.422. The molecule has 0 aliphatic carbocycles. The molecule has 4 nitrogen and oxygen atoms in total. The predicted molar refractivity (Wildman–Crippen MR) is 46.9 cm³/mol. The number of rotatable bonds is 3. The lowest BCUT2D eigenvalue weighted by Gasteiger charge is -2.10. The lowest BCUT2D eigenvalue weighted by molar-refractivity contribution is -0.133. The van der Waals surface area contributed by atoms with E-state index in [1.807, 2.05) is 0 Å². The minimum atomic E-state index is -4.47. The predicted octanol–water partition coefficient (Wildman–Crippen LogP) is 0.784. The molecule has 0 heterocycles. The summed E-state index contributed by atoms with van der Waals surface area (Å²) in [5.74, 6) is 3.16. The van der Waals surface area contributed by atoms with Crippen molar-refractivity contribution in [3.8, 4) is 0 Å². The van der Waals surface area contributed by atoms with Gasteiger partial charge in [0.25, 0.3) is 0 Å². The van der Waals surface area contributed by atoms with Crippen molar-refractivity contribution in [2.24, 2.45) is 5.84 Å². The molecular formula is C5H6F3IN2O2. The first-order valence-electron chi connectivity index (χ1n) is 2.91. The average molecular weight is 310 g/mol. The fourth-order valence-corrected chi connectivity index (χ4v) is 0.782. The molecule has 0 saturated heterocycles. The van der Waals surface area contributed by atoms with Gasteiger partial charge in [-0.25, -0.2) is 4.79 Å². The third kappa shape index (κ3) is 4.31. The number of nitrogens with two attached hydrogens (primary N) is 1. The molecule has 0 spiro atoms. The van der Waals surface area contributed by atoms with Crippen molar-refractivity contribution in [1.29, 1.82) is 0 Å². The van der Waals surface area contributed by atoms with Crippen molar-refractivity contribution in [1.82, 2.24) is 5.43 Å². The average Bonchev–Trinajstić information content (AvgIpc) is 1.96. The van der Waals surface area contributed by atoms with Gasteiger partial charge in [0.15, 0.2) is 0 Å². The molecule has 0 saturated carbocycles. The third-order valence-corrected chi connectivity index (χ3v) is 2.08. The summed E-state index contributed by atoms with van der Waals surface area (Å²) in [5, 5.41) is 8.31. The minimum Gasteiger partial charge on any atom is -0.477 e. The van der Waals surface area contributed by atoms with E-state index in [0.29, 0.717) is 6.08 Å². The molecule has 0 fully saturated rings. The maximum Gasteiger partial charge on any atom is 0.403 e. The molecular weight excluding hydrogens is 304 g/mol. The van der Waals surface area contributed by atoms with Gasteiger partial charge < -0.3 is 10.5 Å². The molecule has 0 aromatic carbocycles. The van der Waals surface area contributed by atoms with Crippen LogP contribution in [0.4, 0.5) is 13.2 Å². The van der Waals surface area contributed by atoms with Crippen LogP contribution in [0.2, 0.25) is 0 Å². The number of hydrogen-bond acceptors (Lipinski definition) is 3. The number of hydrazine groups is 1.